The Morgan fingerprint density at radius 2 is 2.20 bits per heavy atom. The smallest absolute Gasteiger partial charge is 0.437 e. The molecule has 6 nitrogen and oxygen atoms in total. The van der Waals surface area contributed by atoms with Gasteiger partial charge in [-0.15, -0.1) is 4.68 Å². The van der Waals surface area contributed by atoms with Crippen molar-refractivity contribution in [1.82, 2.24) is 14.8 Å². The highest BCUT2D eigenvalue weighted by molar-refractivity contribution is 5.85. The van der Waals surface area contributed by atoms with Gasteiger partial charge in [-0.05, 0) is 26.8 Å². The van der Waals surface area contributed by atoms with Gasteiger partial charge in [0.1, 0.15) is 12.2 Å². The second kappa shape index (κ2) is 5.31. The first kappa shape index (κ1) is 14.0. The van der Waals surface area contributed by atoms with Crippen LogP contribution in [0.3, 0.4) is 0 Å². The van der Waals surface area contributed by atoms with Gasteiger partial charge in [-0.3, -0.25) is 0 Å². The summed E-state index contributed by atoms with van der Waals surface area (Å²) in [6.07, 6.45) is 2.47. The number of carbonyl (C=O) groups is 1. The number of aliphatic hydroxyl groups excluding tert-OH is 1. The van der Waals surface area contributed by atoms with E-state index in [1.807, 2.05) is 0 Å². The molecule has 0 saturated carbocycles. The maximum Gasteiger partial charge on any atom is 0.437 e. The van der Waals surface area contributed by atoms with E-state index in [1.54, 1.807) is 26.8 Å². The highest BCUT2D eigenvalue weighted by atomic mass is 16.6. The molecule has 2 aromatic rings. The summed E-state index contributed by atoms with van der Waals surface area (Å²) in [5.41, 5.74) is 0.464. The summed E-state index contributed by atoms with van der Waals surface area (Å²) in [4.78, 5) is 16.1. The fourth-order valence-electron chi connectivity index (χ4n) is 1.57. The first-order valence-corrected chi connectivity index (χ1v) is 6.07. The van der Waals surface area contributed by atoms with Gasteiger partial charge in [-0.1, -0.05) is 11.8 Å². The molecule has 0 amide bonds. The molecule has 2 aromatic heterocycles. The van der Waals surface area contributed by atoms with Crippen LogP contribution < -0.4 is 0 Å². The Balaban J connectivity index is 2.36. The van der Waals surface area contributed by atoms with Crippen LogP contribution in [0.4, 0.5) is 4.79 Å². The van der Waals surface area contributed by atoms with Gasteiger partial charge in [0.15, 0.2) is 5.65 Å². The zero-order valence-electron chi connectivity index (χ0n) is 11.5. The van der Waals surface area contributed by atoms with Crippen molar-refractivity contribution in [3.05, 3.63) is 24.0 Å². The van der Waals surface area contributed by atoms with E-state index in [0.717, 1.165) is 4.68 Å². The highest BCUT2D eigenvalue weighted by Gasteiger charge is 2.20. The van der Waals surface area contributed by atoms with Gasteiger partial charge in [0.05, 0.1) is 6.20 Å². The van der Waals surface area contributed by atoms with E-state index in [0.29, 0.717) is 16.6 Å². The molecule has 20 heavy (non-hydrogen) atoms. The molecule has 0 saturated heterocycles. The monoisotopic (exact) mass is 273 g/mol. The quantitative estimate of drug-likeness (QED) is 0.737. The summed E-state index contributed by atoms with van der Waals surface area (Å²) in [5.74, 6) is 5.28. The van der Waals surface area contributed by atoms with Crippen molar-refractivity contribution in [2.24, 2.45) is 0 Å². The molecule has 0 atom stereocenters. The predicted octanol–water partition coefficient (Wildman–Crippen LogP) is 1.56. The largest absolute Gasteiger partial charge is 0.442 e. The zero-order chi connectivity index (χ0) is 14.8. The molecule has 0 aliphatic carbocycles. The van der Waals surface area contributed by atoms with E-state index in [2.05, 4.69) is 21.9 Å². The molecule has 0 fully saturated rings. The minimum Gasteiger partial charge on any atom is -0.442 e. The first-order chi connectivity index (χ1) is 9.40. The number of hydrogen-bond donors (Lipinski definition) is 1. The van der Waals surface area contributed by atoms with Crippen molar-refractivity contribution >= 4 is 17.1 Å². The van der Waals surface area contributed by atoms with Crippen molar-refractivity contribution in [1.29, 1.82) is 0 Å². The standard InChI is InChI=1S/C14H15N3O3/c1-14(2,3)20-13(19)17-12-11(9-16-17)7-10(8-15-12)5-4-6-18/h7-9,18H,6H2,1-3H3. The fraction of sp³-hybridized carbons (Fsp3) is 0.357. The number of hydrogen-bond acceptors (Lipinski definition) is 5. The summed E-state index contributed by atoms with van der Waals surface area (Å²) >= 11 is 0. The molecule has 2 rings (SSSR count). The first-order valence-electron chi connectivity index (χ1n) is 6.07. The van der Waals surface area contributed by atoms with Crippen molar-refractivity contribution in [3.8, 4) is 11.8 Å². The molecule has 0 bridgehead atoms. The van der Waals surface area contributed by atoms with Gasteiger partial charge in [0.2, 0.25) is 0 Å². The average molecular weight is 273 g/mol. The van der Waals surface area contributed by atoms with Gasteiger partial charge in [-0.2, -0.15) is 5.10 Å². The molecule has 0 aliphatic heterocycles. The minimum atomic E-state index is -0.595. The second-order valence-electron chi connectivity index (χ2n) is 5.13. The molecule has 0 aromatic carbocycles. The lowest BCUT2D eigenvalue weighted by Gasteiger charge is -2.18. The molecule has 0 aliphatic rings. The van der Waals surface area contributed by atoms with Crippen molar-refractivity contribution in [2.45, 2.75) is 26.4 Å². The van der Waals surface area contributed by atoms with Crippen LogP contribution in [0.5, 0.6) is 0 Å². The SMILES string of the molecule is CC(C)(C)OC(=O)n1ncc2cc(C#CCO)cnc21. The van der Waals surface area contributed by atoms with Gasteiger partial charge in [-0.25, -0.2) is 9.78 Å². The molecule has 0 radical (unpaired) electrons. The number of ether oxygens (including phenoxy) is 1. The minimum absolute atomic E-state index is 0.213. The van der Waals surface area contributed by atoms with Crippen molar-refractivity contribution < 1.29 is 14.6 Å². The van der Waals surface area contributed by atoms with E-state index < -0.39 is 11.7 Å². The average Bonchev–Trinajstić information content (AvgIpc) is 2.77. The zero-order valence-corrected chi connectivity index (χ0v) is 11.5. The highest BCUT2D eigenvalue weighted by Crippen LogP contribution is 2.15. The van der Waals surface area contributed by atoms with Crippen molar-refractivity contribution in [2.75, 3.05) is 6.61 Å². The number of nitrogens with zero attached hydrogens (tertiary/aromatic N) is 3. The van der Waals surface area contributed by atoms with Gasteiger partial charge < -0.3 is 9.84 Å². The lowest BCUT2D eigenvalue weighted by atomic mass is 10.2. The fourth-order valence-corrected chi connectivity index (χ4v) is 1.57. The Morgan fingerprint density at radius 1 is 1.45 bits per heavy atom. The van der Waals surface area contributed by atoms with Gasteiger partial charge in [0, 0.05) is 17.1 Å². The maximum atomic E-state index is 12.0. The Hall–Kier alpha value is -2.39. The number of carbonyl (C=O) groups excluding carboxylic acids is 1. The molecule has 0 unspecified atom stereocenters. The molecule has 1 N–H and O–H groups in total. The third kappa shape index (κ3) is 3.13. The Kier molecular flexibility index (Phi) is 3.72. The topological polar surface area (TPSA) is 77.2 Å². The van der Waals surface area contributed by atoms with Crippen LogP contribution >= 0.6 is 0 Å². The number of pyridine rings is 1. The Bertz CT molecular complexity index is 702. The van der Waals surface area contributed by atoms with E-state index in [1.165, 1.54) is 12.4 Å². The summed E-state index contributed by atoms with van der Waals surface area (Å²) in [5, 5.41) is 13.3. The molecular formula is C14H15N3O3. The van der Waals surface area contributed by atoms with E-state index in [4.69, 9.17) is 9.84 Å². The lowest BCUT2D eigenvalue weighted by molar-refractivity contribution is 0.0522. The van der Waals surface area contributed by atoms with Crippen LogP contribution in [0.1, 0.15) is 26.3 Å². The number of aliphatic hydroxyl groups is 1. The summed E-state index contributed by atoms with van der Waals surface area (Å²) < 4.78 is 6.36. The Morgan fingerprint density at radius 3 is 2.85 bits per heavy atom. The van der Waals surface area contributed by atoms with Crippen molar-refractivity contribution in [3.63, 3.8) is 0 Å². The van der Waals surface area contributed by atoms with Crippen LogP contribution in [0, 0.1) is 11.8 Å². The van der Waals surface area contributed by atoms with Crippen LogP contribution in [-0.4, -0.2) is 38.2 Å². The normalized spacial score (nSPS) is 11.0. The molecule has 6 heteroatoms. The van der Waals surface area contributed by atoms with Crippen LogP contribution in [0.2, 0.25) is 0 Å². The van der Waals surface area contributed by atoms with Gasteiger partial charge >= 0.3 is 6.09 Å². The number of aromatic nitrogens is 3. The van der Waals surface area contributed by atoms with Gasteiger partial charge in [0.25, 0.3) is 0 Å². The number of rotatable bonds is 0. The molecular weight excluding hydrogens is 258 g/mol. The second-order valence-corrected chi connectivity index (χ2v) is 5.13. The van der Waals surface area contributed by atoms with Crippen LogP contribution in [-0.2, 0) is 4.74 Å². The summed E-state index contributed by atoms with van der Waals surface area (Å²) in [6.45, 7) is 5.14. The van der Waals surface area contributed by atoms with Crippen LogP contribution in [0.15, 0.2) is 18.5 Å². The lowest BCUT2D eigenvalue weighted by Crippen LogP contribution is -2.27. The maximum absolute atomic E-state index is 12.0. The molecule has 104 valence electrons. The number of fused-ring (bicyclic) bond motifs is 1. The van der Waals surface area contributed by atoms with E-state index in [9.17, 15) is 4.79 Å². The molecule has 2 heterocycles. The van der Waals surface area contributed by atoms with Crippen LogP contribution in [0.25, 0.3) is 11.0 Å². The summed E-state index contributed by atoms with van der Waals surface area (Å²) in [6, 6.07) is 1.75. The van der Waals surface area contributed by atoms with E-state index >= 15 is 0 Å². The third-order valence-electron chi connectivity index (χ3n) is 2.29. The third-order valence-corrected chi connectivity index (χ3v) is 2.29. The van der Waals surface area contributed by atoms with E-state index in [-0.39, 0.29) is 6.61 Å². The Labute approximate surface area is 116 Å². The summed E-state index contributed by atoms with van der Waals surface area (Å²) in [7, 11) is 0. The predicted molar refractivity (Wildman–Crippen MR) is 73.1 cm³/mol. The molecule has 0 spiro atoms.